The maximum atomic E-state index is 11.9. The van der Waals surface area contributed by atoms with Gasteiger partial charge in [-0.3, -0.25) is 4.79 Å². The second-order valence-electron chi connectivity index (χ2n) is 4.46. The molecule has 0 aliphatic carbocycles. The van der Waals surface area contributed by atoms with Crippen LogP contribution in [0.2, 0.25) is 0 Å². The molecule has 2 heterocycles. The average Bonchev–Trinajstić information content (AvgIpc) is 2.76. The molecule has 0 spiro atoms. The van der Waals surface area contributed by atoms with Crippen LogP contribution < -0.4 is 0 Å². The van der Waals surface area contributed by atoms with Crippen molar-refractivity contribution >= 4 is 29.0 Å². The molecule has 100 valence electrons. The molecular formula is C12H18N2O2S2. The summed E-state index contributed by atoms with van der Waals surface area (Å²) in [5, 5.41) is 12.5. The quantitative estimate of drug-likeness (QED) is 0.915. The van der Waals surface area contributed by atoms with Gasteiger partial charge in [-0.2, -0.15) is 0 Å². The van der Waals surface area contributed by atoms with Crippen LogP contribution in [0.3, 0.4) is 0 Å². The largest absolute Gasteiger partial charge is 0.393 e. The molecule has 1 aliphatic heterocycles. The van der Waals surface area contributed by atoms with Gasteiger partial charge in [-0.15, -0.1) is 23.1 Å². The number of carbonyl (C=O) groups is 1. The zero-order chi connectivity index (χ0) is 13.0. The fourth-order valence-electron chi connectivity index (χ4n) is 1.92. The summed E-state index contributed by atoms with van der Waals surface area (Å²) in [6.07, 6.45) is 1.20. The molecule has 0 aromatic carbocycles. The highest BCUT2D eigenvalue weighted by Crippen LogP contribution is 2.17. The van der Waals surface area contributed by atoms with Crippen LogP contribution in [0.15, 0.2) is 5.38 Å². The van der Waals surface area contributed by atoms with Crippen molar-refractivity contribution in [3.63, 3.8) is 0 Å². The van der Waals surface area contributed by atoms with Gasteiger partial charge in [0.15, 0.2) is 0 Å². The van der Waals surface area contributed by atoms with Crippen LogP contribution in [0.1, 0.15) is 23.5 Å². The molecule has 4 nitrogen and oxygen atoms in total. The number of hydrogen-bond acceptors (Lipinski definition) is 5. The molecule has 2 rings (SSSR count). The minimum atomic E-state index is -0.223. The van der Waals surface area contributed by atoms with Crippen molar-refractivity contribution in [3.05, 3.63) is 16.1 Å². The zero-order valence-electron chi connectivity index (χ0n) is 10.5. The van der Waals surface area contributed by atoms with Crippen molar-refractivity contribution < 1.29 is 9.90 Å². The van der Waals surface area contributed by atoms with Crippen molar-refractivity contribution in [1.29, 1.82) is 0 Å². The number of rotatable bonds is 4. The molecule has 0 bridgehead atoms. The lowest BCUT2D eigenvalue weighted by Gasteiger charge is -2.29. The number of aryl methyl sites for hydroxylation is 1. The van der Waals surface area contributed by atoms with Crippen molar-refractivity contribution in [3.8, 4) is 0 Å². The molecule has 1 N–H and O–H groups in total. The Kier molecular flexibility index (Phi) is 5.03. The maximum absolute atomic E-state index is 11.9. The van der Waals surface area contributed by atoms with Crippen molar-refractivity contribution in [2.24, 2.45) is 0 Å². The Morgan fingerprint density at radius 1 is 1.61 bits per heavy atom. The molecule has 1 saturated heterocycles. The molecule has 1 aliphatic rings. The summed E-state index contributed by atoms with van der Waals surface area (Å²) in [6, 6.07) is 0. The van der Waals surface area contributed by atoms with Gasteiger partial charge in [-0.1, -0.05) is 0 Å². The summed E-state index contributed by atoms with van der Waals surface area (Å²) in [4.78, 5) is 18.1. The third-order valence-corrected chi connectivity index (χ3v) is 4.73. The van der Waals surface area contributed by atoms with E-state index in [0.717, 1.165) is 16.5 Å². The van der Waals surface area contributed by atoms with E-state index in [1.165, 1.54) is 0 Å². The van der Waals surface area contributed by atoms with E-state index in [4.69, 9.17) is 0 Å². The average molecular weight is 286 g/mol. The highest BCUT2D eigenvalue weighted by atomic mass is 32.2. The summed E-state index contributed by atoms with van der Waals surface area (Å²) < 4.78 is 0. The number of hydrogen-bond donors (Lipinski definition) is 1. The Hall–Kier alpha value is -0.590. The number of thiazole rings is 1. The number of amides is 1. The lowest BCUT2D eigenvalue weighted by molar-refractivity contribution is -0.130. The van der Waals surface area contributed by atoms with Gasteiger partial charge in [0.05, 0.1) is 22.6 Å². The first-order valence-electron chi connectivity index (χ1n) is 6.10. The third-order valence-electron chi connectivity index (χ3n) is 2.96. The van der Waals surface area contributed by atoms with Gasteiger partial charge < -0.3 is 10.0 Å². The lowest BCUT2D eigenvalue weighted by atomic mass is 10.1. The minimum absolute atomic E-state index is 0.179. The summed E-state index contributed by atoms with van der Waals surface area (Å²) in [7, 11) is 0. The Labute approximate surface area is 115 Å². The third kappa shape index (κ3) is 3.96. The maximum Gasteiger partial charge on any atom is 0.232 e. The molecule has 0 unspecified atom stereocenters. The number of thioether (sulfide) groups is 1. The van der Waals surface area contributed by atoms with Gasteiger partial charge in [-0.25, -0.2) is 4.98 Å². The van der Waals surface area contributed by atoms with E-state index in [-0.39, 0.29) is 12.0 Å². The summed E-state index contributed by atoms with van der Waals surface area (Å²) in [5.74, 6) is 1.48. The number of piperidine rings is 1. The predicted octanol–water partition coefficient (Wildman–Crippen LogP) is 1.67. The van der Waals surface area contributed by atoms with E-state index in [1.807, 2.05) is 17.2 Å². The van der Waals surface area contributed by atoms with Crippen LogP contribution in [0.25, 0.3) is 0 Å². The Morgan fingerprint density at radius 3 is 2.94 bits per heavy atom. The molecule has 6 heteroatoms. The molecule has 1 fully saturated rings. The van der Waals surface area contributed by atoms with E-state index in [2.05, 4.69) is 4.98 Å². The van der Waals surface area contributed by atoms with Crippen LogP contribution >= 0.6 is 23.1 Å². The van der Waals surface area contributed by atoms with E-state index < -0.39 is 0 Å². The normalized spacial score (nSPS) is 17.1. The first-order chi connectivity index (χ1) is 8.65. The van der Waals surface area contributed by atoms with E-state index in [9.17, 15) is 9.90 Å². The second-order valence-corrected chi connectivity index (χ2v) is 6.51. The topological polar surface area (TPSA) is 53.4 Å². The number of likely N-dealkylation sites (tertiary alicyclic amines) is 1. The summed E-state index contributed by atoms with van der Waals surface area (Å²) in [6.45, 7) is 3.37. The Bertz CT molecular complexity index is 401. The highest BCUT2D eigenvalue weighted by Gasteiger charge is 2.20. The SMILES string of the molecule is Cc1nc(CSCC(=O)N2CCC(O)CC2)cs1. The monoisotopic (exact) mass is 286 g/mol. The number of nitrogens with zero attached hydrogens (tertiary/aromatic N) is 2. The smallest absolute Gasteiger partial charge is 0.232 e. The van der Waals surface area contributed by atoms with Crippen molar-refractivity contribution in [2.45, 2.75) is 31.6 Å². The Balaban J connectivity index is 1.68. The van der Waals surface area contributed by atoms with Gasteiger partial charge in [0.25, 0.3) is 0 Å². The van der Waals surface area contributed by atoms with Crippen LogP contribution in [-0.2, 0) is 10.5 Å². The van der Waals surface area contributed by atoms with Crippen molar-refractivity contribution in [2.75, 3.05) is 18.8 Å². The summed E-state index contributed by atoms with van der Waals surface area (Å²) in [5.41, 5.74) is 1.06. The number of carbonyl (C=O) groups excluding carboxylic acids is 1. The van der Waals surface area contributed by atoms with Crippen molar-refractivity contribution in [1.82, 2.24) is 9.88 Å². The fourth-order valence-corrected chi connectivity index (χ4v) is 3.46. The second kappa shape index (κ2) is 6.54. The predicted molar refractivity (Wildman–Crippen MR) is 74.8 cm³/mol. The highest BCUT2D eigenvalue weighted by molar-refractivity contribution is 7.99. The van der Waals surface area contributed by atoms with Crippen LogP contribution in [0.4, 0.5) is 0 Å². The number of aliphatic hydroxyl groups excluding tert-OH is 1. The molecular weight excluding hydrogens is 268 g/mol. The van der Waals surface area contributed by atoms with Gasteiger partial charge >= 0.3 is 0 Å². The molecule has 1 amide bonds. The van der Waals surface area contributed by atoms with E-state index in [1.54, 1.807) is 23.1 Å². The van der Waals surface area contributed by atoms with Gasteiger partial charge in [0, 0.05) is 24.2 Å². The van der Waals surface area contributed by atoms with Gasteiger partial charge in [0.1, 0.15) is 0 Å². The molecule has 18 heavy (non-hydrogen) atoms. The van der Waals surface area contributed by atoms with Crippen LogP contribution in [0.5, 0.6) is 0 Å². The Morgan fingerprint density at radius 2 is 2.33 bits per heavy atom. The minimum Gasteiger partial charge on any atom is -0.393 e. The molecule has 0 atom stereocenters. The van der Waals surface area contributed by atoms with Crippen LogP contribution in [0, 0.1) is 6.92 Å². The molecule has 0 radical (unpaired) electrons. The molecule has 1 aromatic heterocycles. The van der Waals surface area contributed by atoms with Gasteiger partial charge in [-0.05, 0) is 19.8 Å². The first-order valence-corrected chi connectivity index (χ1v) is 8.13. The van der Waals surface area contributed by atoms with Crippen LogP contribution in [-0.4, -0.2) is 45.8 Å². The standard InChI is InChI=1S/C12H18N2O2S2/c1-9-13-10(7-18-9)6-17-8-12(16)14-4-2-11(15)3-5-14/h7,11,15H,2-6,8H2,1H3. The number of aliphatic hydroxyl groups is 1. The summed E-state index contributed by atoms with van der Waals surface area (Å²) >= 11 is 3.26. The zero-order valence-corrected chi connectivity index (χ0v) is 12.1. The van der Waals surface area contributed by atoms with Gasteiger partial charge in [0.2, 0.25) is 5.91 Å². The first kappa shape index (κ1) is 13.8. The number of aromatic nitrogens is 1. The van der Waals surface area contributed by atoms with E-state index >= 15 is 0 Å². The van der Waals surface area contributed by atoms with E-state index in [0.29, 0.717) is 31.7 Å². The lowest BCUT2D eigenvalue weighted by Crippen LogP contribution is -2.40. The fraction of sp³-hybridized carbons (Fsp3) is 0.667. The molecule has 1 aromatic rings. The molecule has 0 saturated carbocycles.